The smallest absolute Gasteiger partial charge is 0.243 e. The van der Waals surface area contributed by atoms with Crippen LogP contribution in [0, 0.1) is 0 Å². The molecule has 1 unspecified atom stereocenters. The zero-order valence-corrected chi connectivity index (χ0v) is 19.4. The van der Waals surface area contributed by atoms with Crippen LogP contribution in [-0.4, -0.2) is 67.1 Å². The molecule has 0 fully saturated rings. The number of hydrogen-bond acceptors (Lipinski definition) is 9. The lowest BCUT2D eigenvalue weighted by atomic mass is 10.1. The van der Waals surface area contributed by atoms with Crippen LogP contribution in [0.4, 0.5) is 5.69 Å². The van der Waals surface area contributed by atoms with Crippen molar-refractivity contribution in [2.45, 2.75) is 6.04 Å². The molecule has 0 aliphatic heterocycles. The van der Waals surface area contributed by atoms with Crippen LogP contribution in [0.25, 0.3) is 16.9 Å². The fraction of sp³-hybridized carbons (Fsp3) is 0.286. The Balaban J connectivity index is 0.00000385. The minimum Gasteiger partial charge on any atom is -0.495 e. The number of aromatic nitrogens is 3. The number of aliphatic hydroxyl groups is 1. The number of nitrogens with one attached hydrogen (secondary N) is 1. The summed E-state index contributed by atoms with van der Waals surface area (Å²) in [7, 11) is 6.06. The van der Waals surface area contributed by atoms with Gasteiger partial charge in [-0.15, -0.1) is 17.5 Å². The lowest BCUT2D eigenvalue weighted by Crippen LogP contribution is -2.38. The molecule has 3 aromatic rings. The van der Waals surface area contributed by atoms with Crippen molar-refractivity contribution in [1.82, 2.24) is 15.0 Å². The molecule has 1 amide bonds. The quantitative estimate of drug-likeness (QED) is 0.417. The van der Waals surface area contributed by atoms with E-state index in [2.05, 4.69) is 15.6 Å². The van der Waals surface area contributed by atoms with Crippen molar-refractivity contribution in [2.24, 2.45) is 5.73 Å². The van der Waals surface area contributed by atoms with Crippen molar-refractivity contribution in [3.8, 4) is 39.9 Å². The van der Waals surface area contributed by atoms with Crippen LogP contribution in [0.5, 0.6) is 23.0 Å². The Hall–Kier alpha value is -3.54. The van der Waals surface area contributed by atoms with Gasteiger partial charge >= 0.3 is 0 Å². The monoisotopic (exact) mass is 479 g/mol. The van der Waals surface area contributed by atoms with E-state index < -0.39 is 18.6 Å². The molecule has 12 heteroatoms. The van der Waals surface area contributed by atoms with E-state index in [4.69, 9.17) is 29.8 Å². The third-order valence-corrected chi connectivity index (χ3v) is 4.73. The Morgan fingerprint density at radius 3 is 2.24 bits per heavy atom. The normalized spacial score (nSPS) is 11.2. The summed E-state index contributed by atoms with van der Waals surface area (Å²) in [6, 6.07) is 7.62. The highest BCUT2D eigenvalue weighted by atomic mass is 35.5. The largest absolute Gasteiger partial charge is 0.495 e. The highest BCUT2D eigenvalue weighted by Gasteiger charge is 2.19. The average Bonchev–Trinajstić information content (AvgIpc) is 3.32. The van der Waals surface area contributed by atoms with Crippen molar-refractivity contribution in [3.63, 3.8) is 0 Å². The number of carbonyl (C=O) groups excluding carboxylic acids is 1. The van der Waals surface area contributed by atoms with Crippen LogP contribution in [0.15, 0.2) is 36.5 Å². The molecular weight excluding hydrogens is 454 g/mol. The standard InChI is InChI=1S/C21H25N5O6.ClH/c1-29-17-6-5-12(7-15(17)24-21(28)14(22)11-27)16-10-23-25-26(16)13-8-18(30-2)20(32-4)19(9-13)31-3;/h5-10,14,27H,11,22H2,1-4H3,(H,24,28);1H. The molecule has 3 rings (SSSR count). The summed E-state index contributed by atoms with van der Waals surface area (Å²) >= 11 is 0. The minimum atomic E-state index is -1.06. The van der Waals surface area contributed by atoms with E-state index >= 15 is 0 Å². The molecule has 1 heterocycles. The van der Waals surface area contributed by atoms with Crippen LogP contribution in [0.2, 0.25) is 0 Å². The van der Waals surface area contributed by atoms with Gasteiger partial charge in [0.15, 0.2) is 11.5 Å². The molecule has 178 valence electrons. The average molecular weight is 480 g/mol. The maximum absolute atomic E-state index is 12.2. The van der Waals surface area contributed by atoms with Gasteiger partial charge in [-0.05, 0) is 18.2 Å². The number of amides is 1. The van der Waals surface area contributed by atoms with E-state index in [1.807, 2.05) is 0 Å². The van der Waals surface area contributed by atoms with Gasteiger partial charge in [-0.2, -0.15) is 0 Å². The Kier molecular flexibility index (Phi) is 8.85. The molecule has 0 aliphatic carbocycles. The first kappa shape index (κ1) is 25.7. The summed E-state index contributed by atoms with van der Waals surface area (Å²) in [5, 5.41) is 20.0. The van der Waals surface area contributed by atoms with Crippen LogP contribution in [-0.2, 0) is 4.79 Å². The van der Waals surface area contributed by atoms with Crippen LogP contribution >= 0.6 is 12.4 Å². The van der Waals surface area contributed by atoms with Gasteiger partial charge in [0.2, 0.25) is 11.7 Å². The fourth-order valence-electron chi connectivity index (χ4n) is 3.09. The number of aliphatic hydroxyl groups excluding tert-OH is 1. The second-order valence-electron chi connectivity index (χ2n) is 6.61. The van der Waals surface area contributed by atoms with Crippen molar-refractivity contribution in [3.05, 3.63) is 36.5 Å². The van der Waals surface area contributed by atoms with Gasteiger partial charge in [0.1, 0.15) is 11.8 Å². The number of nitrogens with zero attached hydrogens (tertiary/aromatic N) is 3. The lowest BCUT2D eigenvalue weighted by Gasteiger charge is -2.16. The van der Waals surface area contributed by atoms with Crippen molar-refractivity contribution < 1.29 is 28.8 Å². The van der Waals surface area contributed by atoms with E-state index in [0.29, 0.717) is 45.6 Å². The number of halogens is 1. The molecule has 0 saturated carbocycles. The number of rotatable bonds is 9. The summed E-state index contributed by atoms with van der Waals surface area (Å²) in [4.78, 5) is 12.2. The van der Waals surface area contributed by atoms with E-state index in [0.717, 1.165) is 0 Å². The minimum absolute atomic E-state index is 0. The van der Waals surface area contributed by atoms with Crippen LogP contribution in [0.3, 0.4) is 0 Å². The third kappa shape index (κ3) is 5.28. The molecule has 0 bridgehead atoms. The molecule has 1 atom stereocenters. The second-order valence-corrected chi connectivity index (χ2v) is 6.61. The van der Waals surface area contributed by atoms with Gasteiger partial charge in [-0.1, -0.05) is 5.21 Å². The van der Waals surface area contributed by atoms with E-state index in [9.17, 15) is 4.79 Å². The Labute approximate surface area is 196 Å². The summed E-state index contributed by atoms with van der Waals surface area (Å²) in [5.74, 6) is 1.27. The number of methoxy groups -OCH3 is 4. The molecule has 1 aromatic heterocycles. The molecule has 33 heavy (non-hydrogen) atoms. The Bertz CT molecular complexity index is 1080. The SMILES string of the molecule is COc1ccc(-c2cnnn2-c2cc(OC)c(OC)c(OC)c2)cc1NC(=O)C(N)CO.Cl. The summed E-state index contributed by atoms with van der Waals surface area (Å²) in [6.45, 7) is -0.480. The molecule has 0 saturated heterocycles. The number of nitrogens with two attached hydrogens (primary N) is 1. The number of benzene rings is 2. The Morgan fingerprint density at radius 2 is 1.70 bits per heavy atom. The summed E-state index contributed by atoms with van der Waals surface area (Å²) < 4.78 is 23.2. The van der Waals surface area contributed by atoms with Gasteiger partial charge < -0.3 is 35.1 Å². The van der Waals surface area contributed by atoms with Gasteiger partial charge in [0.25, 0.3) is 0 Å². The highest BCUT2D eigenvalue weighted by Crippen LogP contribution is 2.40. The van der Waals surface area contributed by atoms with E-state index in [1.165, 1.54) is 28.4 Å². The van der Waals surface area contributed by atoms with Crippen LogP contribution in [0.1, 0.15) is 0 Å². The van der Waals surface area contributed by atoms with E-state index in [1.54, 1.807) is 41.2 Å². The van der Waals surface area contributed by atoms with Gasteiger partial charge in [-0.25, -0.2) is 4.68 Å². The van der Waals surface area contributed by atoms with Crippen molar-refractivity contribution >= 4 is 24.0 Å². The predicted octanol–water partition coefficient (Wildman–Crippen LogP) is 1.65. The topological polar surface area (TPSA) is 143 Å². The van der Waals surface area contributed by atoms with Crippen molar-refractivity contribution in [2.75, 3.05) is 40.4 Å². The molecule has 2 aromatic carbocycles. The lowest BCUT2D eigenvalue weighted by molar-refractivity contribution is -0.118. The zero-order valence-electron chi connectivity index (χ0n) is 18.6. The predicted molar refractivity (Wildman–Crippen MR) is 124 cm³/mol. The Morgan fingerprint density at radius 1 is 1.06 bits per heavy atom. The molecule has 0 aliphatic rings. The van der Waals surface area contributed by atoms with Crippen molar-refractivity contribution in [1.29, 1.82) is 0 Å². The second kappa shape index (κ2) is 11.4. The third-order valence-electron chi connectivity index (χ3n) is 4.73. The first-order chi connectivity index (χ1) is 15.5. The first-order valence-electron chi connectivity index (χ1n) is 9.54. The molecule has 4 N–H and O–H groups in total. The number of hydrogen-bond donors (Lipinski definition) is 3. The van der Waals surface area contributed by atoms with Gasteiger partial charge in [0.05, 0.1) is 58.3 Å². The molecule has 11 nitrogen and oxygen atoms in total. The fourth-order valence-corrected chi connectivity index (χ4v) is 3.09. The zero-order chi connectivity index (χ0) is 23.3. The van der Waals surface area contributed by atoms with Gasteiger partial charge in [-0.3, -0.25) is 4.79 Å². The maximum atomic E-state index is 12.2. The first-order valence-corrected chi connectivity index (χ1v) is 9.54. The molecular formula is C21H26ClN5O6. The van der Waals surface area contributed by atoms with E-state index in [-0.39, 0.29) is 12.4 Å². The number of carbonyl (C=O) groups is 1. The molecule has 0 radical (unpaired) electrons. The van der Waals surface area contributed by atoms with Crippen LogP contribution < -0.4 is 30.0 Å². The maximum Gasteiger partial charge on any atom is 0.243 e. The summed E-state index contributed by atoms with van der Waals surface area (Å²) in [5.41, 5.74) is 7.93. The molecule has 0 spiro atoms. The number of ether oxygens (including phenoxy) is 4. The summed E-state index contributed by atoms with van der Waals surface area (Å²) in [6.07, 6.45) is 1.58. The highest BCUT2D eigenvalue weighted by molar-refractivity contribution is 5.96. The number of anilines is 1. The van der Waals surface area contributed by atoms with Gasteiger partial charge in [0, 0.05) is 17.7 Å².